The third-order valence-electron chi connectivity index (χ3n) is 1.99. The Hall–Kier alpha value is -1.52. The summed E-state index contributed by atoms with van der Waals surface area (Å²) in [6.45, 7) is 0.628. The Kier molecular flexibility index (Phi) is 3.50. The molecule has 0 saturated carbocycles. The van der Waals surface area contributed by atoms with E-state index >= 15 is 0 Å². The number of methoxy groups -OCH3 is 2. The molecular weight excluding hydrogens is 186 g/mol. The number of likely N-dealkylation sites (tertiary alicyclic amines) is 1. The molecule has 0 unspecified atom stereocenters. The summed E-state index contributed by atoms with van der Waals surface area (Å²) in [5.74, 6) is -0.529. The van der Waals surface area contributed by atoms with Gasteiger partial charge in [-0.3, -0.25) is 4.79 Å². The number of rotatable bonds is 3. The molecule has 0 N–H and O–H groups in total. The van der Waals surface area contributed by atoms with Crippen molar-refractivity contribution in [1.29, 1.82) is 0 Å². The zero-order valence-electron chi connectivity index (χ0n) is 8.28. The summed E-state index contributed by atoms with van der Waals surface area (Å²) in [5, 5.41) is 0. The molecular formula is C9H13NO4. The molecule has 14 heavy (non-hydrogen) atoms. The number of amides is 1. The van der Waals surface area contributed by atoms with Crippen molar-refractivity contribution < 1.29 is 19.1 Å². The number of carbonyl (C=O) groups is 2. The van der Waals surface area contributed by atoms with Crippen LogP contribution < -0.4 is 0 Å². The highest BCUT2D eigenvalue weighted by Gasteiger charge is 2.21. The standard InChI is InChI=1S/C9H13NO4/c1-13-7(9(12)14-2)6-10-5-3-4-8(10)11/h6H,3-5H2,1-2H3. The fourth-order valence-corrected chi connectivity index (χ4v) is 1.24. The zero-order valence-corrected chi connectivity index (χ0v) is 8.28. The fraction of sp³-hybridized carbons (Fsp3) is 0.556. The molecule has 0 aromatic carbocycles. The predicted octanol–water partition coefficient (Wildman–Crippen LogP) is 0.270. The highest BCUT2D eigenvalue weighted by atomic mass is 16.6. The van der Waals surface area contributed by atoms with Crippen molar-refractivity contribution in [2.24, 2.45) is 0 Å². The van der Waals surface area contributed by atoms with Crippen LogP contribution in [0.4, 0.5) is 0 Å². The number of ether oxygens (including phenoxy) is 2. The van der Waals surface area contributed by atoms with Crippen LogP contribution in [0.25, 0.3) is 0 Å². The van der Waals surface area contributed by atoms with Crippen molar-refractivity contribution in [2.45, 2.75) is 12.8 Å². The Morgan fingerprint density at radius 3 is 2.57 bits per heavy atom. The number of hydrogen-bond donors (Lipinski definition) is 0. The molecule has 0 aromatic rings. The van der Waals surface area contributed by atoms with E-state index in [1.54, 1.807) is 0 Å². The van der Waals surface area contributed by atoms with E-state index in [1.807, 2.05) is 0 Å². The number of esters is 1. The van der Waals surface area contributed by atoms with Gasteiger partial charge in [-0.25, -0.2) is 4.79 Å². The van der Waals surface area contributed by atoms with Crippen molar-refractivity contribution in [1.82, 2.24) is 4.90 Å². The maximum Gasteiger partial charge on any atom is 0.374 e. The van der Waals surface area contributed by atoms with Gasteiger partial charge in [-0.05, 0) is 6.42 Å². The molecule has 0 aromatic heterocycles. The van der Waals surface area contributed by atoms with Gasteiger partial charge in [0.25, 0.3) is 0 Å². The molecule has 0 atom stereocenters. The van der Waals surface area contributed by atoms with Crippen LogP contribution in [0.3, 0.4) is 0 Å². The number of nitrogens with zero attached hydrogens (tertiary/aromatic N) is 1. The topological polar surface area (TPSA) is 55.8 Å². The summed E-state index contributed by atoms with van der Waals surface area (Å²) < 4.78 is 9.28. The summed E-state index contributed by atoms with van der Waals surface area (Å²) in [5.41, 5.74) is 0. The van der Waals surface area contributed by atoms with Crippen molar-refractivity contribution in [2.75, 3.05) is 20.8 Å². The molecule has 1 aliphatic heterocycles. The van der Waals surface area contributed by atoms with Crippen LogP contribution in [0.2, 0.25) is 0 Å². The smallest absolute Gasteiger partial charge is 0.374 e. The summed E-state index contributed by atoms with van der Waals surface area (Å²) in [4.78, 5) is 23.8. The molecule has 1 saturated heterocycles. The van der Waals surface area contributed by atoms with Crippen LogP contribution in [-0.2, 0) is 19.1 Å². The van der Waals surface area contributed by atoms with Gasteiger partial charge >= 0.3 is 5.97 Å². The normalized spacial score (nSPS) is 17.1. The first kappa shape index (κ1) is 10.6. The monoisotopic (exact) mass is 199 g/mol. The van der Waals surface area contributed by atoms with Crippen molar-refractivity contribution in [3.63, 3.8) is 0 Å². The minimum absolute atomic E-state index is 0.00320. The van der Waals surface area contributed by atoms with Crippen LogP contribution in [0.1, 0.15) is 12.8 Å². The van der Waals surface area contributed by atoms with E-state index in [0.29, 0.717) is 13.0 Å². The molecule has 1 heterocycles. The average Bonchev–Trinajstić information content (AvgIpc) is 2.59. The summed E-state index contributed by atoms with van der Waals surface area (Å²) in [6, 6.07) is 0. The van der Waals surface area contributed by atoms with Gasteiger partial charge < -0.3 is 14.4 Å². The molecule has 1 amide bonds. The molecule has 5 heteroatoms. The van der Waals surface area contributed by atoms with Crippen LogP contribution in [0.5, 0.6) is 0 Å². The first-order chi connectivity index (χ1) is 6.69. The highest BCUT2D eigenvalue weighted by Crippen LogP contribution is 2.12. The fourth-order valence-electron chi connectivity index (χ4n) is 1.24. The van der Waals surface area contributed by atoms with Crippen LogP contribution in [-0.4, -0.2) is 37.5 Å². The minimum atomic E-state index is -0.577. The van der Waals surface area contributed by atoms with Gasteiger partial charge in [-0.1, -0.05) is 0 Å². The maximum absolute atomic E-state index is 11.2. The second kappa shape index (κ2) is 4.64. The lowest BCUT2D eigenvalue weighted by molar-refractivity contribution is -0.139. The Morgan fingerprint density at radius 2 is 2.14 bits per heavy atom. The summed E-state index contributed by atoms with van der Waals surface area (Å²) in [6.07, 6.45) is 2.73. The molecule has 1 fully saturated rings. The van der Waals surface area contributed by atoms with E-state index in [-0.39, 0.29) is 11.7 Å². The highest BCUT2D eigenvalue weighted by molar-refractivity contribution is 5.87. The van der Waals surface area contributed by atoms with Crippen molar-refractivity contribution in [3.05, 3.63) is 12.0 Å². The van der Waals surface area contributed by atoms with E-state index in [1.165, 1.54) is 25.3 Å². The third-order valence-corrected chi connectivity index (χ3v) is 1.99. The Labute approximate surface area is 82.3 Å². The van der Waals surface area contributed by atoms with E-state index < -0.39 is 5.97 Å². The lowest BCUT2D eigenvalue weighted by Crippen LogP contribution is -2.20. The third kappa shape index (κ3) is 2.25. The largest absolute Gasteiger partial charge is 0.489 e. The second-order valence-corrected chi connectivity index (χ2v) is 2.88. The minimum Gasteiger partial charge on any atom is -0.489 e. The lowest BCUT2D eigenvalue weighted by atomic mass is 10.4. The first-order valence-electron chi connectivity index (χ1n) is 4.32. The molecule has 1 rings (SSSR count). The summed E-state index contributed by atoms with van der Waals surface area (Å²) in [7, 11) is 2.63. The molecule has 5 nitrogen and oxygen atoms in total. The van der Waals surface area contributed by atoms with E-state index in [2.05, 4.69) is 4.74 Å². The first-order valence-corrected chi connectivity index (χ1v) is 4.32. The van der Waals surface area contributed by atoms with E-state index in [4.69, 9.17) is 4.74 Å². The lowest BCUT2D eigenvalue weighted by Gasteiger charge is -2.11. The van der Waals surface area contributed by atoms with Gasteiger partial charge in [-0.15, -0.1) is 0 Å². The van der Waals surface area contributed by atoms with Gasteiger partial charge in [0.05, 0.1) is 20.4 Å². The van der Waals surface area contributed by atoms with Gasteiger partial charge in [0.1, 0.15) is 0 Å². The second-order valence-electron chi connectivity index (χ2n) is 2.88. The van der Waals surface area contributed by atoms with Crippen LogP contribution in [0, 0.1) is 0 Å². The molecule has 0 spiro atoms. The number of carbonyl (C=O) groups excluding carboxylic acids is 2. The maximum atomic E-state index is 11.2. The molecule has 0 radical (unpaired) electrons. The Morgan fingerprint density at radius 1 is 1.43 bits per heavy atom. The number of hydrogen-bond acceptors (Lipinski definition) is 4. The quantitative estimate of drug-likeness (QED) is 0.372. The van der Waals surface area contributed by atoms with Crippen LogP contribution in [0.15, 0.2) is 12.0 Å². The predicted molar refractivity (Wildman–Crippen MR) is 48.1 cm³/mol. The van der Waals surface area contributed by atoms with E-state index in [0.717, 1.165) is 6.42 Å². The molecule has 1 aliphatic rings. The van der Waals surface area contributed by atoms with Gasteiger partial charge in [-0.2, -0.15) is 0 Å². The van der Waals surface area contributed by atoms with E-state index in [9.17, 15) is 9.59 Å². The molecule has 0 aliphatic carbocycles. The molecule has 0 bridgehead atoms. The summed E-state index contributed by atoms with van der Waals surface area (Å²) >= 11 is 0. The zero-order chi connectivity index (χ0) is 10.6. The van der Waals surface area contributed by atoms with Gasteiger partial charge in [0.15, 0.2) is 0 Å². The van der Waals surface area contributed by atoms with Crippen molar-refractivity contribution in [3.8, 4) is 0 Å². The SMILES string of the molecule is COC(=O)C(=CN1CCCC1=O)OC. The van der Waals surface area contributed by atoms with Crippen LogP contribution >= 0.6 is 0 Å². The van der Waals surface area contributed by atoms with Gasteiger partial charge in [0, 0.05) is 13.0 Å². The average molecular weight is 199 g/mol. The van der Waals surface area contributed by atoms with Gasteiger partial charge in [0.2, 0.25) is 11.7 Å². The molecule has 78 valence electrons. The van der Waals surface area contributed by atoms with Crippen molar-refractivity contribution >= 4 is 11.9 Å². The Bertz CT molecular complexity index is 272. The Balaban J connectivity index is 2.72.